The molecular formula is C23H27N7OS. The molecule has 32 heavy (non-hydrogen) atoms. The van der Waals surface area contributed by atoms with Crippen LogP contribution in [0.1, 0.15) is 59.9 Å². The third kappa shape index (κ3) is 4.69. The molecule has 0 saturated heterocycles. The highest BCUT2D eigenvalue weighted by atomic mass is 32.1. The minimum absolute atomic E-state index is 0.0460. The molecule has 4 rings (SSSR count). The zero-order valence-corrected chi connectivity index (χ0v) is 19.3. The maximum absolute atomic E-state index is 13.0. The second-order valence-corrected chi connectivity index (χ2v) is 10.4. The van der Waals surface area contributed by atoms with Gasteiger partial charge in [-0.25, -0.2) is 9.97 Å². The molecule has 2 atom stereocenters. The number of anilines is 1. The molecule has 0 radical (unpaired) electrons. The Hall–Kier alpha value is -3.16. The molecule has 0 saturated carbocycles. The lowest BCUT2D eigenvalue weighted by atomic mass is 9.71. The first kappa shape index (κ1) is 22.0. The van der Waals surface area contributed by atoms with Crippen LogP contribution in [0.5, 0.6) is 0 Å². The molecule has 3 heterocycles. The van der Waals surface area contributed by atoms with Crippen LogP contribution in [-0.2, 0) is 12.8 Å². The Bertz CT molecular complexity index is 1210. The van der Waals surface area contributed by atoms with Crippen LogP contribution in [0.25, 0.3) is 20.7 Å². The lowest BCUT2D eigenvalue weighted by Crippen LogP contribution is -2.30. The molecule has 3 aromatic heterocycles. The topological polar surface area (TPSA) is 130 Å². The molecule has 0 aromatic carbocycles. The number of azide groups is 1. The number of thiophene rings is 1. The van der Waals surface area contributed by atoms with E-state index < -0.39 is 6.04 Å². The van der Waals surface area contributed by atoms with Crippen LogP contribution in [0.3, 0.4) is 0 Å². The van der Waals surface area contributed by atoms with Gasteiger partial charge in [0, 0.05) is 16.0 Å². The fourth-order valence-corrected chi connectivity index (χ4v) is 5.14. The van der Waals surface area contributed by atoms with Crippen molar-refractivity contribution in [1.82, 2.24) is 15.3 Å². The van der Waals surface area contributed by atoms with Crippen molar-refractivity contribution in [2.75, 3.05) is 12.3 Å². The summed E-state index contributed by atoms with van der Waals surface area (Å²) >= 11 is 1.38. The minimum atomic E-state index is -0.569. The molecular weight excluding hydrogens is 422 g/mol. The second-order valence-electron chi connectivity index (χ2n) is 9.33. The highest BCUT2D eigenvalue weighted by molar-refractivity contribution is 7.20. The fraction of sp³-hybridized carbons (Fsp3) is 0.435. The normalized spacial score (nSPS) is 16.8. The van der Waals surface area contributed by atoms with Gasteiger partial charge < -0.3 is 11.1 Å². The standard InChI is InChI=1S/C23H27N7OS/c1-23(2,3)15-7-8-16-13(10-15)9-14-11-19(32-22(14)29-16)21(31)28-18(12-26-30-25)17-5-4-6-20(24)27-17/h4-6,9,11,15,18H,7-8,10,12H2,1-3H3,(H2,24,27)(H,28,31)/t15-,18+/m1/s1. The molecule has 0 aliphatic heterocycles. The van der Waals surface area contributed by atoms with E-state index >= 15 is 0 Å². The van der Waals surface area contributed by atoms with Crippen molar-refractivity contribution in [2.45, 2.75) is 46.1 Å². The highest BCUT2D eigenvalue weighted by Gasteiger charge is 2.30. The van der Waals surface area contributed by atoms with Crippen molar-refractivity contribution in [3.63, 3.8) is 0 Å². The number of fused-ring (bicyclic) bond motifs is 2. The summed E-state index contributed by atoms with van der Waals surface area (Å²) in [6.45, 7) is 6.93. The number of rotatable bonds is 5. The lowest BCUT2D eigenvalue weighted by molar-refractivity contribution is 0.0941. The van der Waals surface area contributed by atoms with Crippen LogP contribution in [0, 0.1) is 11.3 Å². The Balaban J connectivity index is 1.59. The molecule has 3 aromatic rings. The van der Waals surface area contributed by atoms with Crippen molar-refractivity contribution >= 4 is 33.3 Å². The largest absolute Gasteiger partial charge is 0.384 e. The third-order valence-electron chi connectivity index (χ3n) is 6.10. The van der Waals surface area contributed by atoms with Crippen LogP contribution in [0.15, 0.2) is 35.4 Å². The quantitative estimate of drug-likeness (QED) is 0.315. The first-order valence-corrected chi connectivity index (χ1v) is 11.5. The molecule has 1 aliphatic carbocycles. The van der Waals surface area contributed by atoms with Gasteiger partial charge in [-0.3, -0.25) is 4.79 Å². The van der Waals surface area contributed by atoms with E-state index in [2.05, 4.69) is 47.2 Å². The second kappa shape index (κ2) is 8.76. The number of pyridine rings is 2. The number of nitrogens with zero attached hydrogens (tertiary/aromatic N) is 5. The number of hydrogen-bond acceptors (Lipinski definition) is 6. The van der Waals surface area contributed by atoms with E-state index in [1.807, 2.05) is 6.07 Å². The SMILES string of the molecule is CC(C)(C)[C@@H]1CCc2nc3sc(C(=O)N[C@@H](CN=[N+]=[N-])c4cccc(N)n4)cc3cc2C1. The van der Waals surface area contributed by atoms with Crippen molar-refractivity contribution < 1.29 is 4.79 Å². The third-order valence-corrected chi connectivity index (χ3v) is 7.15. The van der Waals surface area contributed by atoms with Crippen molar-refractivity contribution in [3.8, 4) is 0 Å². The smallest absolute Gasteiger partial charge is 0.261 e. The van der Waals surface area contributed by atoms with Gasteiger partial charge in [-0.1, -0.05) is 32.0 Å². The van der Waals surface area contributed by atoms with E-state index in [9.17, 15) is 4.79 Å². The van der Waals surface area contributed by atoms with Crippen LogP contribution in [-0.4, -0.2) is 22.4 Å². The van der Waals surface area contributed by atoms with E-state index in [0.717, 1.165) is 35.2 Å². The number of aromatic nitrogens is 2. The first-order valence-electron chi connectivity index (χ1n) is 10.7. The summed E-state index contributed by atoms with van der Waals surface area (Å²) in [7, 11) is 0. The van der Waals surface area contributed by atoms with E-state index in [1.54, 1.807) is 18.2 Å². The fourth-order valence-electron chi connectivity index (χ4n) is 4.20. The van der Waals surface area contributed by atoms with Gasteiger partial charge in [-0.2, -0.15) is 0 Å². The molecule has 0 unspecified atom stereocenters. The summed E-state index contributed by atoms with van der Waals surface area (Å²) in [6.07, 6.45) is 3.14. The Morgan fingerprint density at radius 1 is 1.38 bits per heavy atom. The number of nitrogens with one attached hydrogen (secondary N) is 1. The van der Waals surface area contributed by atoms with E-state index in [-0.39, 0.29) is 17.9 Å². The molecule has 3 N–H and O–H groups in total. The molecule has 1 aliphatic rings. The Morgan fingerprint density at radius 2 is 2.19 bits per heavy atom. The van der Waals surface area contributed by atoms with Crippen molar-refractivity contribution in [3.05, 3.63) is 62.6 Å². The molecule has 0 spiro atoms. The predicted molar refractivity (Wildman–Crippen MR) is 127 cm³/mol. The Labute approximate surface area is 190 Å². The van der Waals surface area contributed by atoms with Crippen LogP contribution in [0.4, 0.5) is 5.82 Å². The molecule has 0 bridgehead atoms. The lowest BCUT2D eigenvalue weighted by Gasteiger charge is -2.34. The van der Waals surface area contributed by atoms with Gasteiger partial charge in [0.25, 0.3) is 5.91 Å². The Kier molecular flexibility index (Phi) is 6.04. The van der Waals surface area contributed by atoms with E-state index in [4.69, 9.17) is 16.2 Å². The molecule has 0 fully saturated rings. The number of carbonyl (C=O) groups is 1. The number of aryl methyl sites for hydroxylation is 1. The summed E-state index contributed by atoms with van der Waals surface area (Å²) < 4.78 is 0. The maximum Gasteiger partial charge on any atom is 0.261 e. The minimum Gasteiger partial charge on any atom is -0.384 e. The van der Waals surface area contributed by atoms with Gasteiger partial charge in [0.15, 0.2) is 0 Å². The van der Waals surface area contributed by atoms with Gasteiger partial charge in [-0.15, -0.1) is 11.3 Å². The highest BCUT2D eigenvalue weighted by Crippen LogP contribution is 2.38. The zero-order valence-electron chi connectivity index (χ0n) is 18.5. The number of carbonyl (C=O) groups excluding carboxylic acids is 1. The average Bonchev–Trinajstić information content (AvgIpc) is 3.16. The Morgan fingerprint density at radius 3 is 2.91 bits per heavy atom. The molecule has 166 valence electrons. The van der Waals surface area contributed by atoms with Crippen molar-refractivity contribution in [1.29, 1.82) is 0 Å². The predicted octanol–water partition coefficient (Wildman–Crippen LogP) is 5.21. The number of amides is 1. The zero-order chi connectivity index (χ0) is 22.9. The monoisotopic (exact) mass is 449 g/mol. The number of nitrogens with two attached hydrogens (primary N) is 1. The van der Waals surface area contributed by atoms with Gasteiger partial charge >= 0.3 is 0 Å². The van der Waals surface area contributed by atoms with Crippen molar-refractivity contribution in [2.24, 2.45) is 16.4 Å². The van der Waals surface area contributed by atoms with E-state index in [1.165, 1.54) is 16.9 Å². The van der Waals surface area contributed by atoms with Crippen LogP contribution >= 0.6 is 11.3 Å². The van der Waals surface area contributed by atoms with Gasteiger partial charge in [0.1, 0.15) is 10.6 Å². The number of hydrogen-bond donors (Lipinski definition) is 2. The van der Waals surface area contributed by atoms with Crippen LogP contribution in [0.2, 0.25) is 0 Å². The summed E-state index contributed by atoms with van der Waals surface area (Å²) in [5.41, 5.74) is 17.8. The van der Waals surface area contributed by atoms with Crippen LogP contribution < -0.4 is 11.1 Å². The maximum atomic E-state index is 13.0. The number of nitrogen functional groups attached to an aromatic ring is 1. The summed E-state index contributed by atoms with van der Waals surface area (Å²) in [4.78, 5) is 26.4. The first-order chi connectivity index (χ1) is 15.2. The summed E-state index contributed by atoms with van der Waals surface area (Å²) in [6, 6.07) is 8.69. The molecule has 1 amide bonds. The molecule has 9 heteroatoms. The molecule has 8 nitrogen and oxygen atoms in total. The van der Waals surface area contributed by atoms with E-state index in [0.29, 0.717) is 22.3 Å². The van der Waals surface area contributed by atoms with Gasteiger partial charge in [0.2, 0.25) is 0 Å². The van der Waals surface area contributed by atoms with Gasteiger partial charge in [0.05, 0.1) is 23.2 Å². The van der Waals surface area contributed by atoms with Gasteiger partial charge in [-0.05, 0) is 66.0 Å². The summed E-state index contributed by atoms with van der Waals surface area (Å²) in [5.74, 6) is 0.719. The summed E-state index contributed by atoms with van der Waals surface area (Å²) in [5, 5.41) is 7.54. The average molecular weight is 450 g/mol.